The zero-order valence-electron chi connectivity index (χ0n) is 42.1. The fourth-order valence-electron chi connectivity index (χ4n) is 11.9. The average molecular weight is 954 g/mol. The van der Waals surface area contributed by atoms with Crippen LogP contribution in [0, 0.1) is 20.2 Å². The molecular formula is C66H52BN7. The Bertz CT molecular complexity index is 4290. The number of anilines is 4. The van der Waals surface area contributed by atoms with Crippen molar-refractivity contribution in [1.29, 1.82) is 0 Å². The maximum Gasteiger partial charge on any atom is 0.421 e. The summed E-state index contributed by atoms with van der Waals surface area (Å²) < 4.78 is 9.24. The Kier molecular flexibility index (Phi) is 9.86. The first-order chi connectivity index (χ1) is 36.2. The monoisotopic (exact) mass is 953 g/mol. The maximum atomic E-state index is 5.08. The van der Waals surface area contributed by atoms with Crippen molar-refractivity contribution < 1.29 is 4.57 Å². The van der Waals surface area contributed by atoms with E-state index in [4.69, 9.17) is 4.98 Å². The third kappa shape index (κ3) is 6.67. The van der Waals surface area contributed by atoms with Crippen molar-refractivity contribution in [3.63, 3.8) is 0 Å². The molecule has 8 heteroatoms. The van der Waals surface area contributed by atoms with E-state index < -0.39 is 0 Å². The van der Waals surface area contributed by atoms with Gasteiger partial charge in [0, 0.05) is 39.1 Å². The van der Waals surface area contributed by atoms with Gasteiger partial charge in [0.05, 0.1) is 61.5 Å². The van der Waals surface area contributed by atoms with Gasteiger partial charge in [-0.15, -0.1) is 0 Å². The molecule has 0 bridgehead atoms. The van der Waals surface area contributed by atoms with E-state index in [-0.39, 0.29) is 12.4 Å². The SMILES string of the molecule is Cc1cccc(C)c1B1N(c2ccccc2)c2cc3c4ccccc4n(-c4cc(C(C)(C)C)ccn4)c3cc2N1c1cccc(-n2[c-][n+](-c3ccccc3-n3c4ccccc4c4ccccc43)c3ccccc32)c1. The minimum atomic E-state index is -0.231. The molecule has 74 heavy (non-hydrogen) atoms. The molecule has 0 amide bonds. The van der Waals surface area contributed by atoms with Crippen molar-refractivity contribution in [3.8, 4) is 22.9 Å². The lowest BCUT2D eigenvalue weighted by molar-refractivity contribution is -0.572. The standard InChI is InChI=1S/C66H52BN7/c1-44-21-19-22-45(2)65(44)67-73(47-23-7-6-8-24-47)62-41-53-52-29-11-14-32-56(52)72(64-39-46(37-38-68-64)66(3,4)5)61(53)42-63(62)74(67)49-26-20-25-48(40-49)69-43-70(58-34-16-15-33-57(58)69)59-35-17-18-36-60(59)71-54-30-12-9-27-50(54)51-28-10-13-31-55(51)71/h6-42H,1-5H3. The Morgan fingerprint density at radius 1 is 0.446 bits per heavy atom. The van der Waals surface area contributed by atoms with Gasteiger partial charge in [0.1, 0.15) is 5.82 Å². The average Bonchev–Trinajstić information content (AvgIpc) is 4.17. The zero-order chi connectivity index (χ0) is 49.8. The largest absolute Gasteiger partial charge is 0.421 e. The molecule has 0 unspecified atom stereocenters. The molecule has 0 N–H and O–H groups in total. The molecule has 9 aromatic carbocycles. The van der Waals surface area contributed by atoms with Crippen LogP contribution >= 0.6 is 0 Å². The molecule has 1 aliphatic heterocycles. The predicted molar refractivity (Wildman–Crippen MR) is 307 cm³/mol. The smallest absolute Gasteiger partial charge is 0.360 e. The van der Waals surface area contributed by atoms with Crippen molar-refractivity contribution in [1.82, 2.24) is 18.7 Å². The van der Waals surface area contributed by atoms with Gasteiger partial charge < -0.3 is 14.2 Å². The molecule has 0 saturated carbocycles. The molecule has 4 aromatic heterocycles. The number of aromatic nitrogens is 5. The summed E-state index contributed by atoms with van der Waals surface area (Å²) in [5.41, 5.74) is 19.2. The highest BCUT2D eigenvalue weighted by molar-refractivity contribution is 6.85. The number of benzene rings is 9. The number of hydrogen-bond acceptors (Lipinski definition) is 3. The van der Waals surface area contributed by atoms with Crippen LogP contribution in [0.4, 0.5) is 22.7 Å². The van der Waals surface area contributed by atoms with Crippen LogP contribution < -0.4 is 19.7 Å². The van der Waals surface area contributed by atoms with Gasteiger partial charge in [0.2, 0.25) is 0 Å². The molecule has 7 nitrogen and oxygen atoms in total. The summed E-state index contributed by atoms with van der Waals surface area (Å²) in [5.74, 6) is 0.907. The highest BCUT2D eigenvalue weighted by Crippen LogP contribution is 2.50. The first-order valence-electron chi connectivity index (χ1n) is 25.6. The van der Waals surface area contributed by atoms with E-state index in [0.717, 1.165) is 67.7 Å². The van der Waals surface area contributed by atoms with Gasteiger partial charge in [0.25, 0.3) is 6.33 Å². The summed E-state index contributed by atoms with van der Waals surface area (Å²) in [5, 5.41) is 4.83. The molecule has 13 aromatic rings. The molecule has 0 atom stereocenters. The van der Waals surface area contributed by atoms with Gasteiger partial charge in [-0.25, -0.2) is 4.98 Å². The first kappa shape index (κ1) is 43.6. The van der Waals surface area contributed by atoms with Crippen LogP contribution in [-0.2, 0) is 5.41 Å². The highest BCUT2D eigenvalue weighted by atomic mass is 15.3. The number of rotatable bonds is 7. The Morgan fingerprint density at radius 3 is 1.72 bits per heavy atom. The second-order valence-corrected chi connectivity index (χ2v) is 20.8. The van der Waals surface area contributed by atoms with Crippen LogP contribution in [-0.4, -0.2) is 25.7 Å². The summed E-state index contributed by atoms with van der Waals surface area (Å²) in [6, 6.07) is 79.5. The minimum Gasteiger partial charge on any atom is -0.360 e. The maximum absolute atomic E-state index is 5.08. The summed E-state index contributed by atoms with van der Waals surface area (Å²) in [6.45, 7) is 11.1. The number of hydrogen-bond donors (Lipinski definition) is 0. The number of fused-ring (bicyclic) bond motifs is 8. The van der Waals surface area contributed by atoms with Gasteiger partial charge in [-0.05, 0) is 115 Å². The normalized spacial score (nSPS) is 12.9. The van der Waals surface area contributed by atoms with Crippen molar-refractivity contribution >= 4 is 89.8 Å². The van der Waals surface area contributed by atoms with E-state index in [1.165, 1.54) is 54.7 Å². The van der Waals surface area contributed by atoms with Crippen molar-refractivity contribution in [2.24, 2.45) is 0 Å². The molecule has 5 heterocycles. The van der Waals surface area contributed by atoms with Crippen LogP contribution in [0.25, 0.3) is 77.5 Å². The minimum absolute atomic E-state index is 0.0498. The topological polar surface area (TPSA) is 38.0 Å². The number of aryl methyl sites for hydroxylation is 2. The van der Waals surface area contributed by atoms with E-state index in [2.05, 4.69) is 287 Å². The molecule has 14 rings (SSSR count). The van der Waals surface area contributed by atoms with Gasteiger partial charge in [0.15, 0.2) is 0 Å². The van der Waals surface area contributed by atoms with E-state index in [0.29, 0.717) is 0 Å². The lowest BCUT2D eigenvalue weighted by Crippen LogP contribution is -2.55. The van der Waals surface area contributed by atoms with Crippen LogP contribution in [0.1, 0.15) is 37.5 Å². The van der Waals surface area contributed by atoms with Crippen LogP contribution in [0.5, 0.6) is 0 Å². The fourth-order valence-corrected chi connectivity index (χ4v) is 11.9. The number of pyridine rings is 1. The number of nitrogens with zero attached hydrogens (tertiary/aromatic N) is 7. The van der Waals surface area contributed by atoms with E-state index in [1.807, 2.05) is 6.20 Å². The summed E-state index contributed by atoms with van der Waals surface area (Å²) in [4.78, 5) is 10.2. The first-order valence-corrected chi connectivity index (χ1v) is 25.6. The van der Waals surface area contributed by atoms with Gasteiger partial charge in [-0.3, -0.25) is 13.7 Å². The molecule has 354 valence electrons. The van der Waals surface area contributed by atoms with Crippen molar-refractivity contribution in [2.45, 2.75) is 40.0 Å². The van der Waals surface area contributed by atoms with Crippen molar-refractivity contribution in [2.75, 3.05) is 9.62 Å². The Hall–Kier alpha value is -9.14. The zero-order valence-corrected chi connectivity index (χ0v) is 42.1. The van der Waals surface area contributed by atoms with E-state index >= 15 is 0 Å². The molecule has 0 spiro atoms. The Morgan fingerprint density at radius 2 is 1.00 bits per heavy atom. The summed E-state index contributed by atoms with van der Waals surface area (Å²) in [7, 11) is 0. The van der Waals surface area contributed by atoms with Crippen LogP contribution in [0.15, 0.2) is 225 Å². The molecule has 0 saturated heterocycles. The molecule has 0 fully saturated rings. The Labute approximate surface area is 431 Å². The molecule has 1 aliphatic rings. The van der Waals surface area contributed by atoms with Crippen LogP contribution in [0.2, 0.25) is 0 Å². The second kappa shape index (κ2) is 16.7. The highest BCUT2D eigenvalue weighted by Gasteiger charge is 2.45. The third-order valence-electron chi connectivity index (χ3n) is 15.3. The van der Waals surface area contributed by atoms with Crippen LogP contribution in [0.3, 0.4) is 0 Å². The lowest BCUT2D eigenvalue weighted by atomic mass is 9.61. The molecule has 0 aliphatic carbocycles. The predicted octanol–water partition coefficient (Wildman–Crippen LogP) is 14.9. The van der Waals surface area contributed by atoms with Crippen molar-refractivity contribution in [3.05, 3.63) is 248 Å². The lowest BCUT2D eigenvalue weighted by Gasteiger charge is -2.32. The van der Waals surface area contributed by atoms with Gasteiger partial charge in [-0.2, -0.15) is 0 Å². The number of para-hydroxylation sites is 8. The molecule has 0 radical (unpaired) electrons. The van der Waals surface area contributed by atoms with Gasteiger partial charge >= 0.3 is 6.98 Å². The number of imidazole rings is 1. The third-order valence-corrected chi connectivity index (χ3v) is 15.3. The Balaban J connectivity index is 1.01. The second-order valence-electron chi connectivity index (χ2n) is 20.8. The van der Waals surface area contributed by atoms with E-state index in [9.17, 15) is 0 Å². The van der Waals surface area contributed by atoms with Gasteiger partial charge in [-0.1, -0.05) is 165 Å². The molecular weight excluding hydrogens is 902 g/mol. The summed E-state index contributed by atoms with van der Waals surface area (Å²) >= 11 is 0. The summed E-state index contributed by atoms with van der Waals surface area (Å²) in [6.07, 6.45) is 5.88. The quantitative estimate of drug-likeness (QED) is 0.0908. The van der Waals surface area contributed by atoms with E-state index in [1.54, 1.807) is 0 Å². The fraction of sp³-hybridized carbons (Fsp3) is 0.0909.